The number of piperidine rings is 1. The molecule has 1 aromatic carbocycles. The molecule has 1 atom stereocenters. The van der Waals surface area contributed by atoms with Crippen molar-refractivity contribution in [2.75, 3.05) is 24.5 Å². The van der Waals surface area contributed by atoms with Crippen LogP contribution in [0.15, 0.2) is 34.9 Å². The van der Waals surface area contributed by atoms with Crippen LogP contribution in [0.25, 0.3) is 11.4 Å². The third kappa shape index (κ3) is 2.79. The van der Waals surface area contributed by atoms with E-state index in [1.54, 1.807) is 0 Å². The molecular formula is C19H24N4O2. The van der Waals surface area contributed by atoms with E-state index in [2.05, 4.69) is 28.9 Å². The van der Waals surface area contributed by atoms with Gasteiger partial charge in [-0.05, 0) is 33.1 Å². The Kier molecular flexibility index (Phi) is 3.98. The molecule has 6 nitrogen and oxygen atoms in total. The van der Waals surface area contributed by atoms with E-state index in [0.29, 0.717) is 24.3 Å². The zero-order chi connectivity index (χ0) is 17.4. The average molecular weight is 340 g/mol. The van der Waals surface area contributed by atoms with Crippen LogP contribution in [0.1, 0.15) is 33.1 Å². The second-order valence-corrected chi connectivity index (χ2v) is 7.41. The van der Waals surface area contributed by atoms with E-state index >= 15 is 0 Å². The van der Waals surface area contributed by atoms with Gasteiger partial charge in [0.1, 0.15) is 0 Å². The molecule has 1 unspecified atom stereocenters. The van der Waals surface area contributed by atoms with Crippen LogP contribution in [0.5, 0.6) is 0 Å². The van der Waals surface area contributed by atoms with Gasteiger partial charge in [0.15, 0.2) is 0 Å². The van der Waals surface area contributed by atoms with Gasteiger partial charge in [0, 0.05) is 31.2 Å². The maximum Gasteiger partial charge on any atom is 0.324 e. The first-order chi connectivity index (χ1) is 12.1. The zero-order valence-corrected chi connectivity index (χ0v) is 14.8. The molecule has 2 aromatic rings. The minimum absolute atomic E-state index is 0.256. The molecule has 6 heteroatoms. The molecule has 2 fully saturated rings. The van der Waals surface area contributed by atoms with Gasteiger partial charge in [-0.3, -0.25) is 4.79 Å². The maximum atomic E-state index is 13.0. The molecule has 1 aromatic heterocycles. The lowest BCUT2D eigenvalue weighted by atomic mass is 9.78. The summed E-state index contributed by atoms with van der Waals surface area (Å²) >= 11 is 0. The Morgan fingerprint density at radius 2 is 1.96 bits per heavy atom. The van der Waals surface area contributed by atoms with Crippen LogP contribution in [-0.4, -0.2) is 46.6 Å². The average Bonchev–Trinajstić information content (AvgIpc) is 3.26. The van der Waals surface area contributed by atoms with Gasteiger partial charge in [-0.15, -0.1) is 0 Å². The first kappa shape index (κ1) is 16.1. The van der Waals surface area contributed by atoms with Gasteiger partial charge in [0.2, 0.25) is 11.7 Å². The summed E-state index contributed by atoms with van der Waals surface area (Å²) in [5, 5.41) is 4.10. The lowest BCUT2D eigenvalue weighted by Crippen LogP contribution is -2.52. The van der Waals surface area contributed by atoms with Crippen molar-refractivity contribution in [1.29, 1.82) is 0 Å². The summed E-state index contributed by atoms with van der Waals surface area (Å²) in [6.45, 7) is 6.51. The number of benzene rings is 1. The molecule has 1 spiro atoms. The second-order valence-electron chi connectivity index (χ2n) is 7.41. The summed E-state index contributed by atoms with van der Waals surface area (Å²) in [5.74, 6) is 0.884. The Balaban J connectivity index is 1.53. The van der Waals surface area contributed by atoms with Gasteiger partial charge >= 0.3 is 6.01 Å². The fraction of sp³-hybridized carbons (Fsp3) is 0.526. The van der Waals surface area contributed by atoms with Gasteiger partial charge in [-0.2, -0.15) is 4.98 Å². The van der Waals surface area contributed by atoms with E-state index in [0.717, 1.165) is 37.9 Å². The highest BCUT2D eigenvalue weighted by Crippen LogP contribution is 2.42. The summed E-state index contributed by atoms with van der Waals surface area (Å²) in [4.78, 5) is 21.7. The number of carbonyl (C=O) groups is 1. The van der Waals surface area contributed by atoms with Crippen LogP contribution in [0.4, 0.5) is 6.01 Å². The van der Waals surface area contributed by atoms with Crippen LogP contribution in [-0.2, 0) is 4.79 Å². The Hall–Kier alpha value is -2.37. The Morgan fingerprint density at radius 3 is 2.72 bits per heavy atom. The Labute approximate surface area is 147 Å². The van der Waals surface area contributed by atoms with Gasteiger partial charge in [-0.1, -0.05) is 35.5 Å². The molecule has 0 N–H and O–H groups in total. The van der Waals surface area contributed by atoms with Gasteiger partial charge in [-0.25, -0.2) is 0 Å². The monoisotopic (exact) mass is 340 g/mol. The number of nitrogens with zero attached hydrogens (tertiary/aromatic N) is 4. The number of carbonyl (C=O) groups excluding carboxylic acids is 1. The predicted octanol–water partition coefficient (Wildman–Crippen LogP) is 2.96. The lowest BCUT2D eigenvalue weighted by molar-refractivity contribution is -0.147. The number of hydrogen-bond acceptors (Lipinski definition) is 5. The minimum Gasteiger partial charge on any atom is -0.340 e. The quantitative estimate of drug-likeness (QED) is 0.859. The number of anilines is 1. The fourth-order valence-corrected chi connectivity index (χ4v) is 4.06. The van der Waals surface area contributed by atoms with Crippen LogP contribution < -0.4 is 4.90 Å². The highest BCUT2D eigenvalue weighted by molar-refractivity contribution is 5.85. The molecule has 3 heterocycles. The summed E-state index contributed by atoms with van der Waals surface area (Å²) in [5.41, 5.74) is 0.648. The van der Waals surface area contributed by atoms with E-state index < -0.39 is 0 Å². The third-order valence-electron chi connectivity index (χ3n) is 5.46. The van der Waals surface area contributed by atoms with E-state index in [1.165, 1.54) is 0 Å². The second kappa shape index (κ2) is 6.17. The van der Waals surface area contributed by atoms with E-state index in [4.69, 9.17) is 4.52 Å². The molecular weight excluding hydrogens is 316 g/mol. The highest BCUT2D eigenvalue weighted by atomic mass is 16.5. The Bertz CT molecular complexity index is 758. The largest absolute Gasteiger partial charge is 0.340 e. The molecule has 4 rings (SSSR count). The summed E-state index contributed by atoms with van der Waals surface area (Å²) < 4.78 is 5.49. The lowest BCUT2D eigenvalue weighted by Gasteiger charge is -2.41. The number of aromatic nitrogens is 2. The molecule has 0 aliphatic carbocycles. The van der Waals surface area contributed by atoms with Crippen molar-refractivity contribution in [3.05, 3.63) is 30.3 Å². The number of amides is 1. The fourth-order valence-electron chi connectivity index (χ4n) is 4.06. The maximum absolute atomic E-state index is 13.0. The van der Waals surface area contributed by atoms with Gasteiger partial charge < -0.3 is 14.3 Å². The van der Waals surface area contributed by atoms with Crippen molar-refractivity contribution in [2.24, 2.45) is 5.41 Å². The Morgan fingerprint density at radius 1 is 1.16 bits per heavy atom. The number of likely N-dealkylation sites (tertiary alicyclic amines) is 1. The van der Waals surface area contributed by atoms with Crippen molar-refractivity contribution in [2.45, 2.75) is 39.2 Å². The van der Waals surface area contributed by atoms with Crippen LogP contribution in [0.2, 0.25) is 0 Å². The molecule has 2 aliphatic rings. The standard InChI is InChI=1S/C19H24N4O2/c1-14(2)23-11-6-9-19(17(23)24)10-12-22(13-19)18-20-16(21-25-18)15-7-4-3-5-8-15/h3-5,7-8,14H,6,9-13H2,1-2H3. The predicted molar refractivity (Wildman–Crippen MR) is 95.1 cm³/mol. The van der Waals surface area contributed by atoms with E-state index in [1.807, 2.05) is 35.2 Å². The van der Waals surface area contributed by atoms with Gasteiger partial charge in [0.25, 0.3) is 0 Å². The SMILES string of the molecule is CC(C)N1CCCC2(CCN(c3nc(-c4ccccc4)no3)C2)C1=O. The molecule has 0 radical (unpaired) electrons. The van der Waals surface area contributed by atoms with Crippen LogP contribution in [0, 0.1) is 5.41 Å². The highest BCUT2D eigenvalue weighted by Gasteiger charge is 2.49. The van der Waals surface area contributed by atoms with Crippen molar-refractivity contribution >= 4 is 11.9 Å². The first-order valence-electron chi connectivity index (χ1n) is 9.04. The van der Waals surface area contributed by atoms with Crippen molar-refractivity contribution in [1.82, 2.24) is 15.0 Å². The van der Waals surface area contributed by atoms with Crippen molar-refractivity contribution in [3.63, 3.8) is 0 Å². The van der Waals surface area contributed by atoms with Gasteiger partial charge in [0.05, 0.1) is 5.41 Å². The number of rotatable bonds is 3. The first-order valence-corrected chi connectivity index (χ1v) is 9.04. The summed E-state index contributed by atoms with van der Waals surface area (Å²) in [6, 6.07) is 10.6. The van der Waals surface area contributed by atoms with E-state index in [9.17, 15) is 4.79 Å². The zero-order valence-electron chi connectivity index (χ0n) is 14.8. The number of hydrogen-bond donors (Lipinski definition) is 0. The van der Waals surface area contributed by atoms with Crippen molar-refractivity contribution < 1.29 is 9.32 Å². The normalized spacial score (nSPS) is 23.9. The van der Waals surface area contributed by atoms with Crippen molar-refractivity contribution in [3.8, 4) is 11.4 Å². The van der Waals surface area contributed by atoms with Crippen LogP contribution in [0.3, 0.4) is 0 Å². The molecule has 132 valence electrons. The molecule has 0 bridgehead atoms. The summed E-state index contributed by atoms with van der Waals surface area (Å²) in [7, 11) is 0. The smallest absolute Gasteiger partial charge is 0.324 e. The van der Waals surface area contributed by atoms with E-state index in [-0.39, 0.29) is 11.5 Å². The molecule has 2 saturated heterocycles. The third-order valence-corrected chi connectivity index (χ3v) is 5.46. The molecule has 2 aliphatic heterocycles. The molecule has 1 amide bonds. The molecule has 25 heavy (non-hydrogen) atoms. The van der Waals surface area contributed by atoms with Crippen LogP contribution >= 0.6 is 0 Å². The molecule has 0 saturated carbocycles. The summed E-state index contributed by atoms with van der Waals surface area (Å²) in [6.07, 6.45) is 2.88. The topological polar surface area (TPSA) is 62.5 Å². The minimum atomic E-state index is -0.288.